The van der Waals surface area contributed by atoms with Gasteiger partial charge in [-0.15, -0.1) is 0 Å². The second-order valence-corrected chi connectivity index (χ2v) is 8.48. The van der Waals surface area contributed by atoms with Crippen molar-refractivity contribution < 1.29 is 14.3 Å². The minimum Gasteiger partial charge on any atom is -0.465 e. The Kier molecular flexibility index (Phi) is 6.81. The molecule has 0 saturated heterocycles. The molecule has 0 aromatic heterocycles. The number of hydrogen-bond donors (Lipinski definition) is 1. The Morgan fingerprint density at radius 1 is 1.31 bits per heavy atom. The molecule has 29 heavy (non-hydrogen) atoms. The second kappa shape index (κ2) is 9.32. The van der Waals surface area contributed by atoms with Gasteiger partial charge >= 0.3 is 5.97 Å². The summed E-state index contributed by atoms with van der Waals surface area (Å²) in [6.45, 7) is 6.36. The molecule has 0 radical (unpaired) electrons. The summed E-state index contributed by atoms with van der Waals surface area (Å²) in [5.41, 5.74) is 4.22. The Morgan fingerprint density at radius 2 is 2.03 bits per heavy atom. The van der Waals surface area contributed by atoms with Crippen LogP contribution in [-0.4, -0.2) is 24.1 Å². The van der Waals surface area contributed by atoms with Gasteiger partial charge in [0.1, 0.15) is 0 Å². The van der Waals surface area contributed by atoms with Gasteiger partial charge in [0.15, 0.2) is 5.78 Å². The number of dihydropyridines is 1. The highest BCUT2D eigenvalue weighted by Gasteiger charge is 2.37. The maximum atomic E-state index is 12.8. The SMILES string of the molecule is CCOC(=O)CSC1=C(C#N)[C@H](c2ccc(C(C)C)cc2)C2=C(CCCC2=O)N1. The highest BCUT2D eigenvalue weighted by molar-refractivity contribution is 8.03. The van der Waals surface area contributed by atoms with Crippen LogP contribution in [0.2, 0.25) is 0 Å². The van der Waals surface area contributed by atoms with Crippen LogP contribution in [0.1, 0.15) is 63.0 Å². The standard InChI is InChI=1S/C23H26N2O3S/c1-4-28-20(27)13-29-23-17(12-24)21(16-10-8-15(9-11-16)14(2)3)22-18(25-23)6-5-7-19(22)26/h8-11,14,21,25H,4-7,13H2,1-3H3/t21-/m0/s1. The summed E-state index contributed by atoms with van der Waals surface area (Å²) in [4.78, 5) is 24.6. The molecule has 1 aliphatic heterocycles. The Balaban J connectivity index is 2.02. The first kappa shape index (κ1) is 21.2. The summed E-state index contributed by atoms with van der Waals surface area (Å²) in [5.74, 6) is -0.0863. The van der Waals surface area contributed by atoms with Crippen molar-refractivity contribution in [2.24, 2.45) is 0 Å². The highest BCUT2D eigenvalue weighted by Crippen LogP contribution is 2.44. The lowest BCUT2D eigenvalue weighted by Crippen LogP contribution is -2.31. The molecule has 0 fully saturated rings. The molecular formula is C23H26N2O3S. The number of hydrogen-bond acceptors (Lipinski definition) is 6. The fourth-order valence-electron chi connectivity index (χ4n) is 3.78. The van der Waals surface area contributed by atoms with Gasteiger partial charge in [-0.2, -0.15) is 5.26 Å². The van der Waals surface area contributed by atoms with Crippen LogP contribution in [0.4, 0.5) is 0 Å². The molecular weight excluding hydrogens is 384 g/mol. The highest BCUT2D eigenvalue weighted by atomic mass is 32.2. The lowest BCUT2D eigenvalue weighted by atomic mass is 9.76. The van der Waals surface area contributed by atoms with Crippen LogP contribution in [0, 0.1) is 11.3 Å². The van der Waals surface area contributed by atoms with Crippen molar-refractivity contribution in [1.29, 1.82) is 5.26 Å². The van der Waals surface area contributed by atoms with Crippen LogP contribution in [0.3, 0.4) is 0 Å². The van der Waals surface area contributed by atoms with Gasteiger partial charge in [-0.1, -0.05) is 49.9 Å². The summed E-state index contributed by atoms with van der Waals surface area (Å²) in [7, 11) is 0. The number of nitrogens with zero attached hydrogens (tertiary/aromatic N) is 1. The zero-order valence-corrected chi connectivity index (χ0v) is 17.9. The molecule has 1 aliphatic carbocycles. The average Bonchev–Trinajstić information content (AvgIpc) is 2.71. The minimum atomic E-state index is -0.394. The van der Waals surface area contributed by atoms with E-state index in [1.165, 1.54) is 17.3 Å². The molecule has 5 nitrogen and oxygen atoms in total. The van der Waals surface area contributed by atoms with Crippen LogP contribution in [-0.2, 0) is 14.3 Å². The number of ether oxygens (including phenoxy) is 1. The first-order valence-electron chi connectivity index (χ1n) is 10.0. The number of carbonyl (C=O) groups is 2. The minimum absolute atomic E-state index is 0.0962. The normalized spacial score (nSPS) is 19.0. The smallest absolute Gasteiger partial charge is 0.316 e. The van der Waals surface area contributed by atoms with Gasteiger partial charge in [-0.25, -0.2) is 0 Å². The third kappa shape index (κ3) is 4.56. The number of rotatable bonds is 6. The van der Waals surface area contributed by atoms with Gasteiger partial charge < -0.3 is 10.1 Å². The lowest BCUT2D eigenvalue weighted by Gasteiger charge is -2.33. The van der Waals surface area contributed by atoms with Crippen LogP contribution >= 0.6 is 11.8 Å². The molecule has 0 spiro atoms. The number of carbonyl (C=O) groups excluding carboxylic acids is 2. The summed E-state index contributed by atoms with van der Waals surface area (Å²) in [5, 5.41) is 13.9. The Bertz CT molecular complexity index is 907. The number of esters is 1. The molecule has 0 saturated carbocycles. The van der Waals surface area contributed by atoms with E-state index in [1.807, 2.05) is 12.1 Å². The summed E-state index contributed by atoms with van der Waals surface area (Å²) < 4.78 is 5.01. The van der Waals surface area contributed by atoms with Crippen molar-refractivity contribution in [2.75, 3.05) is 12.4 Å². The van der Waals surface area contributed by atoms with Gasteiger partial charge in [0.05, 0.1) is 34.9 Å². The molecule has 1 heterocycles. The number of nitriles is 1. The molecule has 1 N–H and O–H groups in total. The third-order valence-corrected chi connectivity index (χ3v) is 6.23. The Hall–Kier alpha value is -2.52. The van der Waals surface area contributed by atoms with Crippen LogP contribution in [0.5, 0.6) is 0 Å². The zero-order valence-electron chi connectivity index (χ0n) is 17.1. The lowest BCUT2D eigenvalue weighted by molar-refractivity contribution is -0.139. The number of ketones is 1. The molecule has 2 aliphatic rings. The molecule has 0 amide bonds. The number of allylic oxidation sites excluding steroid dienone is 3. The predicted octanol–water partition coefficient (Wildman–Crippen LogP) is 4.54. The van der Waals surface area contributed by atoms with E-state index in [4.69, 9.17) is 4.74 Å². The second-order valence-electron chi connectivity index (χ2n) is 7.50. The molecule has 0 unspecified atom stereocenters. The van der Waals surface area contributed by atoms with Crippen molar-refractivity contribution in [3.8, 4) is 6.07 Å². The molecule has 152 valence electrons. The molecule has 3 rings (SSSR count). The first-order chi connectivity index (χ1) is 14.0. The van der Waals surface area contributed by atoms with Crippen molar-refractivity contribution in [2.45, 2.75) is 51.9 Å². The topological polar surface area (TPSA) is 79.2 Å². The van der Waals surface area contributed by atoms with E-state index in [0.717, 1.165) is 24.1 Å². The van der Waals surface area contributed by atoms with Gasteiger partial charge in [0.25, 0.3) is 0 Å². The van der Waals surface area contributed by atoms with Crippen LogP contribution in [0.25, 0.3) is 0 Å². The van der Waals surface area contributed by atoms with E-state index in [9.17, 15) is 14.9 Å². The molecule has 1 aromatic carbocycles. The molecule has 0 bridgehead atoms. The number of nitrogens with one attached hydrogen (secondary N) is 1. The Labute approximate surface area is 176 Å². The van der Waals surface area contributed by atoms with Crippen molar-refractivity contribution in [3.05, 3.63) is 57.3 Å². The largest absolute Gasteiger partial charge is 0.465 e. The van der Waals surface area contributed by atoms with Crippen molar-refractivity contribution in [1.82, 2.24) is 5.32 Å². The Morgan fingerprint density at radius 3 is 2.66 bits per heavy atom. The predicted molar refractivity (Wildman–Crippen MR) is 114 cm³/mol. The fourth-order valence-corrected chi connectivity index (χ4v) is 4.64. The maximum Gasteiger partial charge on any atom is 0.316 e. The fraction of sp³-hybridized carbons (Fsp3) is 0.435. The quantitative estimate of drug-likeness (QED) is 0.694. The zero-order chi connectivity index (χ0) is 21.0. The van der Waals surface area contributed by atoms with Gasteiger partial charge in [-0.05, 0) is 36.8 Å². The van der Waals surface area contributed by atoms with Gasteiger partial charge in [0.2, 0.25) is 0 Å². The summed E-state index contributed by atoms with van der Waals surface area (Å²) >= 11 is 1.27. The van der Waals surface area contributed by atoms with E-state index in [0.29, 0.717) is 35.1 Å². The van der Waals surface area contributed by atoms with E-state index in [1.54, 1.807) is 6.92 Å². The molecule has 6 heteroatoms. The van der Waals surface area contributed by atoms with Gasteiger partial charge in [-0.3, -0.25) is 9.59 Å². The van der Waals surface area contributed by atoms with E-state index >= 15 is 0 Å². The summed E-state index contributed by atoms with van der Waals surface area (Å²) in [6, 6.07) is 10.5. The third-order valence-electron chi connectivity index (χ3n) is 5.24. The number of benzene rings is 1. The average molecular weight is 411 g/mol. The van der Waals surface area contributed by atoms with E-state index < -0.39 is 5.92 Å². The number of Topliss-reactive ketones (excluding diaryl/α,β-unsaturated/α-hetero) is 1. The van der Waals surface area contributed by atoms with Gasteiger partial charge in [0, 0.05) is 17.7 Å². The van der Waals surface area contributed by atoms with Crippen LogP contribution in [0.15, 0.2) is 46.1 Å². The molecule has 1 aromatic rings. The number of thioether (sulfide) groups is 1. The van der Waals surface area contributed by atoms with Crippen molar-refractivity contribution in [3.63, 3.8) is 0 Å². The van der Waals surface area contributed by atoms with E-state index in [-0.39, 0.29) is 17.5 Å². The van der Waals surface area contributed by atoms with Crippen molar-refractivity contribution >= 4 is 23.5 Å². The van der Waals surface area contributed by atoms with E-state index in [2.05, 4.69) is 37.4 Å². The monoisotopic (exact) mass is 410 g/mol. The van der Waals surface area contributed by atoms with Crippen LogP contribution < -0.4 is 5.32 Å². The molecule has 1 atom stereocenters. The maximum absolute atomic E-state index is 12.8. The first-order valence-corrected chi connectivity index (χ1v) is 11.0. The summed E-state index contributed by atoms with van der Waals surface area (Å²) in [6.07, 6.45) is 2.07.